The van der Waals surface area contributed by atoms with Gasteiger partial charge in [-0.1, -0.05) is 18.2 Å². The van der Waals surface area contributed by atoms with Crippen molar-refractivity contribution in [1.82, 2.24) is 9.80 Å². The first-order chi connectivity index (χ1) is 13.0. The quantitative estimate of drug-likeness (QED) is 0.748. The molecule has 1 aromatic carbocycles. The van der Waals surface area contributed by atoms with Crippen molar-refractivity contribution < 1.29 is 14.0 Å². The standard InChI is InChI=1S/C21H23FN2O2S/c1-23(2)21(26)15-11-13-24(14-12-15)20(25)10-8-16-7-9-19(27-16)17-5-3-4-6-18(17)22/h3-10,15H,11-14H2,1-2H3/b10-8+. The number of piperidine rings is 1. The second-order valence-electron chi connectivity index (χ2n) is 6.85. The van der Waals surface area contributed by atoms with Crippen molar-refractivity contribution in [2.45, 2.75) is 12.8 Å². The molecule has 0 unspecified atom stereocenters. The Balaban J connectivity index is 1.58. The minimum atomic E-state index is -0.249. The third-order valence-corrected chi connectivity index (χ3v) is 5.84. The van der Waals surface area contributed by atoms with Crippen LogP contribution in [-0.2, 0) is 9.59 Å². The van der Waals surface area contributed by atoms with E-state index >= 15 is 0 Å². The third-order valence-electron chi connectivity index (χ3n) is 4.75. The maximum atomic E-state index is 13.9. The Morgan fingerprint density at radius 1 is 1.15 bits per heavy atom. The zero-order valence-electron chi connectivity index (χ0n) is 15.5. The normalized spacial score (nSPS) is 15.3. The molecule has 1 aromatic heterocycles. The van der Waals surface area contributed by atoms with Gasteiger partial charge < -0.3 is 9.80 Å². The summed E-state index contributed by atoms with van der Waals surface area (Å²) in [5, 5.41) is 0. The van der Waals surface area contributed by atoms with Crippen LogP contribution in [0.4, 0.5) is 4.39 Å². The second kappa shape index (κ2) is 8.48. The molecule has 27 heavy (non-hydrogen) atoms. The predicted octanol–water partition coefficient (Wildman–Crippen LogP) is 3.89. The highest BCUT2D eigenvalue weighted by molar-refractivity contribution is 7.16. The van der Waals surface area contributed by atoms with E-state index in [1.165, 1.54) is 17.4 Å². The molecule has 2 aromatic rings. The summed E-state index contributed by atoms with van der Waals surface area (Å²) in [6, 6.07) is 10.4. The van der Waals surface area contributed by atoms with Crippen molar-refractivity contribution in [2.75, 3.05) is 27.2 Å². The Labute approximate surface area is 162 Å². The average molecular weight is 386 g/mol. The van der Waals surface area contributed by atoms with Crippen LogP contribution in [0.15, 0.2) is 42.5 Å². The zero-order valence-corrected chi connectivity index (χ0v) is 16.3. The van der Waals surface area contributed by atoms with E-state index in [1.54, 1.807) is 48.2 Å². The van der Waals surface area contributed by atoms with Crippen molar-refractivity contribution in [1.29, 1.82) is 0 Å². The van der Waals surface area contributed by atoms with Gasteiger partial charge in [0.15, 0.2) is 0 Å². The van der Waals surface area contributed by atoms with E-state index in [2.05, 4.69) is 0 Å². The summed E-state index contributed by atoms with van der Waals surface area (Å²) in [4.78, 5) is 29.5. The summed E-state index contributed by atoms with van der Waals surface area (Å²) in [7, 11) is 3.53. The first kappa shape index (κ1) is 19.3. The maximum Gasteiger partial charge on any atom is 0.246 e. The molecule has 2 heterocycles. The fourth-order valence-corrected chi connectivity index (χ4v) is 4.16. The number of thiophene rings is 1. The van der Waals surface area contributed by atoms with Gasteiger partial charge in [0.05, 0.1) is 0 Å². The number of carbonyl (C=O) groups is 2. The molecule has 0 aliphatic carbocycles. The average Bonchev–Trinajstić information content (AvgIpc) is 3.14. The van der Waals surface area contributed by atoms with Gasteiger partial charge >= 0.3 is 0 Å². The van der Waals surface area contributed by atoms with Crippen molar-refractivity contribution in [3.05, 3.63) is 53.2 Å². The fourth-order valence-electron chi connectivity index (χ4n) is 3.22. The van der Waals surface area contributed by atoms with E-state index in [-0.39, 0.29) is 23.5 Å². The SMILES string of the molecule is CN(C)C(=O)C1CCN(C(=O)/C=C/c2ccc(-c3ccccc3F)s2)CC1. The van der Waals surface area contributed by atoms with Crippen LogP contribution in [0.5, 0.6) is 0 Å². The van der Waals surface area contributed by atoms with E-state index in [0.717, 1.165) is 9.75 Å². The number of hydrogen-bond acceptors (Lipinski definition) is 3. The molecule has 0 saturated carbocycles. The van der Waals surface area contributed by atoms with Crippen LogP contribution >= 0.6 is 11.3 Å². The van der Waals surface area contributed by atoms with Crippen LogP contribution in [0.25, 0.3) is 16.5 Å². The molecule has 1 aliphatic heterocycles. The smallest absolute Gasteiger partial charge is 0.246 e. The lowest BCUT2D eigenvalue weighted by Gasteiger charge is -2.31. The lowest BCUT2D eigenvalue weighted by Crippen LogP contribution is -2.42. The van der Waals surface area contributed by atoms with Gasteiger partial charge in [0, 0.05) is 54.5 Å². The monoisotopic (exact) mass is 386 g/mol. The Bertz CT molecular complexity index is 851. The van der Waals surface area contributed by atoms with E-state index in [4.69, 9.17) is 0 Å². The number of halogens is 1. The van der Waals surface area contributed by atoms with Gasteiger partial charge in [0.25, 0.3) is 0 Å². The van der Waals surface area contributed by atoms with Gasteiger partial charge in [-0.3, -0.25) is 9.59 Å². The summed E-state index contributed by atoms with van der Waals surface area (Å²) in [5.74, 6) is -0.154. The van der Waals surface area contributed by atoms with E-state index < -0.39 is 0 Å². The van der Waals surface area contributed by atoms with Crippen LogP contribution in [0.1, 0.15) is 17.7 Å². The molecule has 1 aliphatic rings. The topological polar surface area (TPSA) is 40.6 Å². The predicted molar refractivity (Wildman–Crippen MR) is 107 cm³/mol. The van der Waals surface area contributed by atoms with Crippen LogP contribution in [0.2, 0.25) is 0 Å². The Morgan fingerprint density at radius 3 is 2.52 bits per heavy atom. The highest BCUT2D eigenvalue weighted by Crippen LogP contribution is 2.30. The molecule has 4 nitrogen and oxygen atoms in total. The minimum Gasteiger partial charge on any atom is -0.349 e. The molecule has 3 rings (SSSR count). The highest BCUT2D eigenvalue weighted by atomic mass is 32.1. The van der Waals surface area contributed by atoms with Crippen molar-refractivity contribution in [3.8, 4) is 10.4 Å². The Hall–Kier alpha value is -2.47. The molecule has 0 spiro atoms. The number of amides is 2. The van der Waals surface area contributed by atoms with Crippen molar-refractivity contribution in [3.63, 3.8) is 0 Å². The molecule has 142 valence electrons. The van der Waals surface area contributed by atoms with Gasteiger partial charge in [0.2, 0.25) is 11.8 Å². The van der Waals surface area contributed by atoms with E-state index in [9.17, 15) is 14.0 Å². The maximum absolute atomic E-state index is 13.9. The Morgan fingerprint density at radius 2 is 1.85 bits per heavy atom. The third kappa shape index (κ3) is 4.63. The van der Waals surface area contributed by atoms with Crippen molar-refractivity contribution >= 4 is 29.2 Å². The van der Waals surface area contributed by atoms with E-state index in [0.29, 0.717) is 31.5 Å². The highest BCUT2D eigenvalue weighted by Gasteiger charge is 2.27. The molecule has 6 heteroatoms. The molecule has 0 N–H and O–H groups in total. The van der Waals surface area contributed by atoms with E-state index in [1.807, 2.05) is 18.2 Å². The summed E-state index contributed by atoms with van der Waals surface area (Å²) in [5.41, 5.74) is 0.570. The van der Waals surface area contributed by atoms with Crippen LogP contribution in [0, 0.1) is 11.7 Å². The summed E-state index contributed by atoms with van der Waals surface area (Å²) in [6.07, 6.45) is 4.74. The van der Waals surface area contributed by atoms with Crippen LogP contribution in [-0.4, -0.2) is 48.8 Å². The van der Waals surface area contributed by atoms with Gasteiger partial charge in [-0.05, 0) is 37.1 Å². The number of rotatable bonds is 4. The molecule has 1 fully saturated rings. The zero-order chi connectivity index (χ0) is 19.4. The summed E-state index contributed by atoms with van der Waals surface area (Å²) < 4.78 is 13.9. The lowest BCUT2D eigenvalue weighted by atomic mass is 9.95. The van der Waals surface area contributed by atoms with Gasteiger partial charge in [-0.15, -0.1) is 11.3 Å². The molecular weight excluding hydrogens is 363 g/mol. The molecule has 1 saturated heterocycles. The summed E-state index contributed by atoms with van der Waals surface area (Å²) >= 11 is 1.45. The molecule has 0 radical (unpaired) electrons. The summed E-state index contributed by atoms with van der Waals surface area (Å²) in [6.45, 7) is 1.19. The van der Waals surface area contributed by atoms with Gasteiger partial charge in [-0.2, -0.15) is 0 Å². The van der Waals surface area contributed by atoms with Crippen LogP contribution in [0.3, 0.4) is 0 Å². The van der Waals surface area contributed by atoms with Crippen molar-refractivity contribution in [2.24, 2.45) is 5.92 Å². The first-order valence-corrected chi connectivity index (χ1v) is 9.80. The number of hydrogen-bond donors (Lipinski definition) is 0. The number of likely N-dealkylation sites (tertiary alicyclic amines) is 1. The fraction of sp³-hybridized carbons (Fsp3) is 0.333. The molecular formula is C21H23FN2O2S. The number of benzene rings is 1. The molecule has 2 amide bonds. The minimum absolute atomic E-state index is 0.00801. The second-order valence-corrected chi connectivity index (χ2v) is 7.96. The number of nitrogens with zero attached hydrogens (tertiary/aromatic N) is 2. The van der Waals surface area contributed by atoms with Gasteiger partial charge in [-0.25, -0.2) is 4.39 Å². The number of carbonyl (C=O) groups excluding carboxylic acids is 2. The molecule has 0 atom stereocenters. The lowest BCUT2D eigenvalue weighted by molar-refractivity contribution is -0.137. The largest absolute Gasteiger partial charge is 0.349 e. The molecule has 0 bridgehead atoms. The van der Waals surface area contributed by atoms with Crippen LogP contribution < -0.4 is 0 Å². The Kier molecular flexibility index (Phi) is 6.06. The first-order valence-electron chi connectivity index (χ1n) is 8.98. The van der Waals surface area contributed by atoms with Gasteiger partial charge in [0.1, 0.15) is 5.82 Å².